The summed E-state index contributed by atoms with van der Waals surface area (Å²) in [5, 5.41) is 12.3. The van der Waals surface area contributed by atoms with Gasteiger partial charge in [-0.1, -0.05) is 19.8 Å². The van der Waals surface area contributed by atoms with Crippen molar-refractivity contribution in [2.45, 2.75) is 58.2 Å². The van der Waals surface area contributed by atoms with Crippen LogP contribution in [0, 0.1) is 0 Å². The van der Waals surface area contributed by atoms with Crippen LogP contribution >= 0.6 is 0 Å². The topological polar surface area (TPSA) is 125 Å². The van der Waals surface area contributed by atoms with E-state index in [0.29, 0.717) is 59.2 Å². The van der Waals surface area contributed by atoms with Crippen molar-refractivity contribution in [1.29, 1.82) is 0 Å². The second kappa shape index (κ2) is 26.5. The molecule has 1 amide bonds. The molecule has 10 nitrogen and oxygen atoms in total. The molecular weight excluding hydrogens is 408 g/mol. The average Bonchev–Trinajstić information content (AvgIpc) is 2.74. The van der Waals surface area contributed by atoms with E-state index in [-0.39, 0.29) is 6.10 Å². The van der Waals surface area contributed by atoms with E-state index in [2.05, 4.69) is 17.2 Å². The Kier molecular flexibility index (Phi) is 27.0. The van der Waals surface area contributed by atoms with Crippen LogP contribution in [0.3, 0.4) is 0 Å². The van der Waals surface area contributed by atoms with E-state index in [1.807, 2.05) is 0 Å². The summed E-state index contributed by atoms with van der Waals surface area (Å²) >= 11 is 0. The molecule has 0 bridgehead atoms. The molecule has 0 aliphatic carbocycles. The maximum absolute atomic E-state index is 11.4. The van der Waals surface area contributed by atoms with Gasteiger partial charge < -0.3 is 34.1 Å². The van der Waals surface area contributed by atoms with Crippen LogP contribution in [0.1, 0.15) is 46.0 Å². The molecular formula is C21H42N2O8. The Morgan fingerprint density at radius 3 is 2.26 bits per heavy atom. The Morgan fingerprint density at radius 2 is 1.68 bits per heavy atom. The van der Waals surface area contributed by atoms with Crippen molar-refractivity contribution in [2.24, 2.45) is 4.99 Å². The molecule has 0 heterocycles. The first kappa shape index (κ1) is 31.6. The quantitative estimate of drug-likeness (QED) is 0.174. The van der Waals surface area contributed by atoms with E-state index >= 15 is 0 Å². The number of aliphatic hydroxyl groups excluding tert-OH is 1. The lowest BCUT2D eigenvalue weighted by molar-refractivity contribution is 0.0530. The van der Waals surface area contributed by atoms with Crippen LogP contribution in [0.2, 0.25) is 0 Å². The lowest BCUT2D eigenvalue weighted by atomic mass is 10.1. The summed E-state index contributed by atoms with van der Waals surface area (Å²) in [6.45, 7) is 8.05. The molecule has 0 radical (unpaired) electrons. The maximum atomic E-state index is 11.4. The number of hydrogen-bond acceptors (Lipinski definition) is 9. The largest absolute Gasteiger partial charge is 0.446 e. The molecule has 0 aromatic heterocycles. The highest BCUT2D eigenvalue weighted by Crippen LogP contribution is 2.09. The lowest BCUT2D eigenvalue weighted by Crippen LogP contribution is -2.32. The number of rotatable bonds is 19. The molecule has 0 aromatic carbocycles. The number of methoxy groups -OCH3 is 2. The number of aliphatic imine (C=N–C) groups is 1. The first-order valence-corrected chi connectivity index (χ1v) is 10.8. The minimum atomic E-state index is -0.476. The Morgan fingerprint density at radius 1 is 1.03 bits per heavy atom. The fourth-order valence-electron chi connectivity index (χ4n) is 2.22. The molecule has 0 spiro atoms. The van der Waals surface area contributed by atoms with Crippen LogP contribution in [0.5, 0.6) is 0 Å². The lowest BCUT2D eigenvalue weighted by Gasteiger charge is -2.17. The van der Waals surface area contributed by atoms with Crippen molar-refractivity contribution in [1.82, 2.24) is 5.32 Å². The van der Waals surface area contributed by atoms with Gasteiger partial charge in [-0.05, 0) is 19.8 Å². The molecule has 0 aromatic rings. The van der Waals surface area contributed by atoms with Gasteiger partial charge in [0, 0.05) is 33.8 Å². The van der Waals surface area contributed by atoms with Crippen LogP contribution in [0.25, 0.3) is 0 Å². The highest BCUT2D eigenvalue weighted by molar-refractivity contribution is 5.67. The van der Waals surface area contributed by atoms with Gasteiger partial charge in [0.25, 0.3) is 0 Å². The predicted octanol–water partition coefficient (Wildman–Crippen LogP) is 2.08. The zero-order valence-corrected chi connectivity index (χ0v) is 19.6. The molecule has 10 heteroatoms. The molecule has 0 saturated heterocycles. The first-order valence-electron chi connectivity index (χ1n) is 10.8. The first-order chi connectivity index (χ1) is 15.0. The number of carbonyl (C=O) groups excluding carboxylic acids is 2. The van der Waals surface area contributed by atoms with E-state index < -0.39 is 12.2 Å². The standard InChI is InChI=1S/C14H29NO5.C7H13NO3/c1-4-5-6-13(16)11-12(2)20-14(17)15-7-8-19-10-9-18-3;1-10-5-6-11-4-2-3-8-7-9/h12-13,16H,4-11H2,1-3H3,(H,15,17);2-6H2,1H3. The van der Waals surface area contributed by atoms with Gasteiger partial charge in [0.1, 0.15) is 6.10 Å². The summed E-state index contributed by atoms with van der Waals surface area (Å²) < 4.78 is 25.0. The van der Waals surface area contributed by atoms with Crippen LogP contribution in [0.4, 0.5) is 4.79 Å². The van der Waals surface area contributed by atoms with Crippen LogP contribution in [0.15, 0.2) is 4.99 Å². The average molecular weight is 451 g/mol. The monoisotopic (exact) mass is 450 g/mol. The van der Waals surface area contributed by atoms with Gasteiger partial charge in [-0.3, -0.25) is 0 Å². The number of unbranched alkanes of at least 4 members (excludes halogenated alkanes) is 1. The molecule has 0 aliphatic heterocycles. The van der Waals surface area contributed by atoms with Crippen LogP contribution in [-0.2, 0) is 28.5 Å². The predicted molar refractivity (Wildman–Crippen MR) is 117 cm³/mol. The summed E-state index contributed by atoms with van der Waals surface area (Å²) in [5.74, 6) is 0. The van der Waals surface area contributed by atoms with Gasteiger partial charge in [-0.25, -0.2) is 14.6 Å². The zero-order chi connectivity index (χ0) is 23.6. The third kappa shape index (κ3) is 28.4. The summed E-state index contributed by atoms with van der Waals surface area (Å²) in [6.07, 6.45) is 4.30. The molecule has 0 saturated carbocycles. The highest BCUT2D eigenvalue weighted by atomic mass is 16.6. The number of hydrogen-bond donors (Lipinski definition) is 2. The summed E-state index contributed by atoms with van der Waals surface area (Å²) in [6, 6.07) is 0. The normalized spacial score (nSPS) is 12.2. The van der Waals surface area contributed by atoms with E-state index in [1.54, 1.807) is 21.1 Å². The SMILES string of the molecule is CCCCC(O)CC(C)OC(=O)NCCOCCOC.COCCOCCCN=C=O. The van der Waals surface area contributed by atoms with Crippen molar-refractivity contribution in [3.8, 4) is 0 Å². The second-order valence-electron chi connectivity index (χ2n) is 6.71. The van der Waals surface area contributed by atoms with Gasteiger partial charge in [-0.2, -0.15) is 0 Å². The number of alkyl carbamates (subject to hydrolysis) is 1. The Balaban J connectivity index is 0. The molecule has 0 rings (SSSR count). The third-order valence-electron chi connectivity index (χ3n) is 3.81. The van der Waals surface area contributed by atoms with Gasteiger partial charge in [0.05, 0.1) is 45.7 Å². The third-order valence-corrected chi connectivity index (χ3v) is 3.81. The molecule has 0 fully saturated rings. The molecule has 2 atom stereocenters. The number of amides is 1. The number of isocyanates is 1. The van der Waals surface area contributed by atoms with Gasteiger partial charge in [-0.15, -0.1) is 0 Å². The van der Waals surface area contributed by atoms with Crippen molar-refractivity contribution in [3.63, 3.8) is 0 Å². The Labute approximate surface area is 186 Å². The Bertz CT molecular complexity index is 434. The fourth-order valence-corrected chi connectivity index (χ4v) is 2.22. The van der Waals surface area contributed by atoms with Gasteiger partial charge >= 0.3 is 6.09 Å². The number of nitrogens with one attached hydrogen (secondary N) is 1. The fraction of sp³-hybridized carbons (Fsp3) is 0.905. The Hall–Kier alpha value is -1.55. The van der Waals surface area contributed by atoms with Crippen molar-refractivity contribution < 1.29 is 38.4 Å². The summed E-state index contributed by atoms with van der Waals surface area (Å²) in [7, 11) is 3.23. The number of ether oxygens (including phenoxy) is 5. The number of carbonyl (C=O) groups is 1. The van der Waals surface area contributed by atoms with Crippen LogP contribution < -0.4 is 5.32 Å². The molecule has 2 N–H and O–H groups in total. The molecule has 184 valence electrons. The van der Waals surface area contributed by atoms with E-state index in [1.165, 1.54) is 6.08 Å². The molecule has 31 heavy (non-hydrogen) atoms. The van der Waals surface area contributed by atoms with Crippen molar-refractivity contribution in [3.05, 3.63) is 0 Å². The molecule has 2 unspecified atom stereocenters. The van der Waals surface area contributed by atoms with Gasteiger partial charge in [0.2, 0.25) is 6.08 Å². The molecule has 0 aliphatic rings. The minimum Gasteiger partial charge on any atom is -0.446 e. The van der Waals surface area contributed by atoms with E-state index in [0.717, 1.165) is 25.7 Å². The summed E-state index contributed by atoms with van der Waals surface area (Å²) in [5.41, 5.74) is 0. The van der Waals surface area contributed by atoms with Crippen molar-refractivity contribution in [2.75, 3.05) is 67.0 Å². The van der Waals surface area contributed by atoms with E-state index in [4.69, 9.17) is 23.7 Å². The smallest absolute Gasteiger partial charge is 0.407 e. The summed E-state index contributed by atoms with van der Waals surface area (Å²) in [4.78, 5) is 24.4. The van der Waals surface area contributed by atoms with Gasteiger partial charge in [0.15, 0.2) is 0 Å². The number of nitrogens with zero attached hydrogens (tertiary/aromatic N) is 1. The van der Waals surface area contributed by atoms with E-state index in [9.17, 15) is 14.7 Å². The van der Waals surface area contributed by atoms with Crippen LogP contribution in [-0.4, -0.2) is 96.4 Å². The minimum absolute atomic E-state index is 0.295. The number of aliphatic hydroxyl groups is 1. The maximum Gasteiger partial charge on any atom is 0.407 e. The second-order valence-corrected chi connectivity index (χ2v) is 6.71. The highest BCUT2D eigenvalue weighted by Gasteiger charge is 2.13. The zero-order valence-electron chi connectivity index (χ0n) is 19.6. The van der Waals surface area contributed by atoms with Crippen molar-refractivity contribution >= 4 is 12.2 Å².